The van der Waals surface area contributed by atoms with Gasteiger partial charge in [0.1, 0.15) is 0 Å². The van der Waals surface area contributed by atoms with Gasteiger partial charge in [0.25, 0.3) is 5.91 Å². The summed E-state index contributed by atoms with van der Waals surface area (Å²) in [7, 11) is 0. The minimum absolute atomic E-state index is 0.0245. The molecule has 1 atom stereocenters. The summed E-state index contributed by atoms with van der Waals surface area (Å²) in [5, 5.41) is 9.56. The van der Waals surface area contributed by atoms with E-state index in [1.165, 1.54) is 25.7 Å². The molecule has 5 fully saturated rings. The van der Waals surface area contributed by atoms with Crippen LogP contribution in [0.3, 0.4) is 0 Å². The number of anilines is 2. The number of amides is 3. The van der Waals surface area contributed by atoms with Crippen LogP contribution in [0.25, 0.3) is 0 Å². The molecule has 3 N–H and O–H groups in total. The predicted molar refractivity (Wildman–Crippen MR) is 133 cm³/mol. The molecule has 5 aliphatic rings. The van der Waals surface area contributed by atoms with Crippen LogP contribution in [-0.4, -0.2) is 36.6 Å². The number of carbonyl (C=O) groups excluding carboxylic acids is 2. The summed E-state index contributed by atoms with van der Waals surface area (Å²) in [5.74, 6) is 2.30. The fourth-order valence-electron chi connectivity index (χ4n) is 7.28. The van der Waals surface area contributed by atoms with E-state index in [1.54, 1.807) is 0 Å². The van der Waals surface area contributed by atoms with E-state index in [0.29, 0.717) is 11.3 Å². The maximum atomic E-state index is 13.1. The first-order valence-corrected chi connectivity index (χ1v) is 13.2. The summed E-state index contributed by atoms with van der Waals surface area (Å²) >= 11 is 0. The lowest BCUT2D eigenvalue weighted by Crippen LogP contribution is -2.60. The highest BCUT2D eigenvalue weighted by molar-refractivity contribution is 6.02. The van der Waals surface area contributed by atoms with Crippen molar-refractivity contribution in [3.05, 3.63) is 23.8 Å². The van der Waals surface area contributed by atoms with Crippen molar-refractivity contribution in [2.75, 3.05) is 23.3 Å². The summed E-state index contributed by atoms with van der Waals surface area (Å²) in [6.45, 7) is 6.05. The summed E-state index contributed by atoms with van der Waals surface area (Å²) in [4.78, 5) is 28.5. The Balaban J connectivity index is 1.32. The highest BCUT2D eigenvalue weighted by atomic mass is 16.2. The molecule has 1 saturated heterocycles. The Morgan fingerprint density at radius 1 is 1.03 bits per heavy atom. The zero-order chi connectivity index (χ0) is 23.0. The van der Waals surface area contributed by atoms with Crippen LogP contribution in [0.15, 0.2) is 18.2 Å². The Labute approximate surface area is 198 Å². The van der Waals surface area contributed by atoms with Gasteiger partial charge in [0, 0.05) is 36.0 Å². The Bertz CT molecular complexity index is 857. The Kier molecular flexibility index (Phi) is 6.28. The largest absolute Gasteiger partial charge is 0.371 e. The summed E-state index contributed by atoms with van der Waals surface area (Å²) in [5.41, 5.74) is 2.29. The van der Waals surface area contributed by atoms with E-state index in [-0.39, 0.29) is 23.5 Å². The zero-order valence-electron chi connectivity index (χ0n) is 20.3. The molecular weight excluding hydrogens is 412 g/mol. The molecule has 1 aromatic carbocycles. The van der Waals surface area contributed by atoms with Crippen molar-refractivity contribution in [1.82, 2.24) is 10.6 Å². The second kappa shape index (κ2) is 9.19. The number of piperidine rings is 1. The topological polar surface area (TPSA) is 73.5 Å². The van der Waals surface area contributed by atoms with Gasteiger partial charge in [0.2, 0.25) is 0 Å². The normalized spacial score (nSPS) is 31.2. The van der Waals surface area contributed by atoms with E-state index in [4.69, 9.17) is 0 Å². The lowest BCUT2D eigenvalue weighted by molar-refractivity contribution is -0.0127. The standard InChI is InChI=1S/C27H40N4O2/c1-3-18(2)28-25(32)23-14-22(7-8-24(23)31-9-5-4-6-10-31)29-26(33)30-27-15-19-11-20(16-27)13-21(12-19)17-27/h7-8,14,18-21H,3-6,9-13,15-17H2,1-2H3,(H,28,32)(H2,29,30,33). The zero-order valence-corrected chi connectivity index (χ0v) is 20.3. The number of urea groups is 1. The number of hydrogen-bond acceptors (Lipinski definition) is 3. The van der Waals surface area contributed by atoms with Gasteiger partial charge in [-0.25, -0.2) is 4.79 Å². The minimum atomic E-state index is -0.129. The van der Waals surface area contributed by atoms with Gasteiger partial charge in [-0.05, 0) is 107 Å². The van der Waals surface area contributed by atoms with Crippen LogP contribution in [0.5, 0.6) is 0 Å². The molecule has 6 nitrogen and oxygen atoms in total. The molecule has 6 rings (SSSR count). The van der Waals surface area contributed by atoms with Gasteiger partial charge in [0.05, 0.1) is 5.56 Å². The van der Waals surface area contributed by atoms with E-state index in [9.17, 15) is 9.59 Å². The van der Waals surface area contributed by atoms with Crippen molar-refractivity contribution in [3.63, 3.8) is 0 Å². The average molecular weight is 453 g/mol. The minimum Gasteiger partial charge on any atom is -0.371 e. The fourth-order valence-corrected chi connectivity index (χ4v) is 7.28. The van der Waals surface area contributed by atoms with Crippen LogP contribution in [0.1, 0.15) is 88.4 Å². The summed E-state index contributed by atoms with van der Waals surface area (Å²) in [6.07, 6.45) is 11.9. The molecule has 0 aromatic heterocycles. The Hall–Kier alpha value is -2.24. The third-order valence-corrected chi connectivity index (χ3v) is 8.60. The molecule has 4 aliphatic carbocycles. The SMILES string of the molecule is CCC(C)NC(=O)c1cc(NC(=O)NC23CC4CC(CC(C4)C2)C3)ccc1N1CCCCC1. The summed E-state index contributed by atoms with van der Waals surface area (Å²) in [6, 6.07) is 5.81. The van der Waals surface area contributed by atoms with Crippen LogP contribution in [0.4, 0.5) is 16.2 Å². The molecule has 3 amide bonds. The van der Waals surface area contributed by atoms with Crippen molar-refractivity contribution in [1.29, 1.82) is 0 Å². The van der Waals surface area contributed by atoms with Crippen LogP contribution < -0.4 is 20.9 Å². The molecule has 1 unspecified atom stereocenters. The third kappa shape index (κ3) is 4.85. The number of benzene rings is 1. The van der Waals surface area contributed by atoms with Crippen LogP contribution in [0.2, 0.25) is 0 Å². The average Bonchev–Trinajstić information content (AvgIpc) is 2.78. The van der Waals surface area contributed by atoms with Gasteiger partial charge in [0.15, 0.2) is 0 Å². The molecule has 180 valence electrons. The van der Waals surface area contributed by atoms with Crippen LogP contribution in [-0.2, 0) is 0 Å². The Morgan fingerprint density at radius 3 is 2.27 bits per heavy atom. The molecule has 33 heavy (non-hydrogen) atoms. The van der Waals surface area contributed by atoms with Gasteiger partial charge in [-0.3, -0.25) is 4.79 Å². The second-order valence-electron chi connectivity index (χ2n) is 11.3. The molecule has 0 radical (unpaired) electrons. The lowest BCUT2D eigenvalue weighted by atomic mass is 9.53. The predicted octanol–water partition coefficient (Wildman–Crippen LogP) is 5.30. The van der Waals surface area contributed by atoms with Crippen LogP contribution >= 0.6 is 0 Å². The van der Waals surface area contributed by atoms with Crippen molar-refractivity contribution in [2.45, 2.75) is 89.6 Å². The molecule has 1 heterocycles. The van der Waals surface area contributed by atoms with Gasteiger partial charge >= 0.3 is 6.03 Å². The summed E-state index contributed by atoms with van der Waals surface area (Å²) < 4.78 is 0. The molecule has 1 aliphatic heterocycles. The van der Waals surface area contributed by atoms with E-state index in [1.807, 2.05) is 25.1 Å². The molecule has 4 bridgehead atoms. The van der Waals surface area contributed by atoms with E-state index >= 15 is 0 Å². The van der Waals surface area contributed by atoms with Crippen molar-refractivity contribution in [2.24, 2.45) is 17.8 Å². The number of rotatable bonds is 6. The fraction of sp³-hybridized carbons (Fsp3) is 0.704. The second-order valence-corrected chi connectivity index (χ2v) is 11.3. The Morgan fingerprint density at radius 2 is 1.67 bits per heavy atom. The first-order chi connectivity index (χ1) is 15.9. The van der Waals surface area contributed by atoms with E-state index < -0.39 is 0 Å². The highest BCUT2D eigenvalue weighted by Gasteiger charge is 2.51. The van der Waals surface area contributed by atoms with Crippen molar-refractivity contribution >= 4 is 23.3 Å². The molecule has 0 spiro atoms. The number of hydrogen-bond donors (Lipinski definition) is 3. The quantitative estimate of drug-likeness (QED) is 0.549. The van der Waals surface area contributed by atoms with Crippen molar-refractivity contribution in [3.8, 4) is 0 Å². The monoisotopic (exact) mass is 452 g/mol. The molecule has 6 heteroatoms. The van der Waals surface area contributed by atoms with Gasteiger partial charge < -0.3 is 20.9 Å². The first-order valence-electron chi connectivity index (χ1n) is 13.2. The first kappa shape index (κ1) is 22.5. The van der Waals surface area contributed by atoms with E-state index in [2.05, 4.69) is 27.8 Å². The number of nitrogens with zero attached hydrogens (tertiary/aromatic N) is 1. The van der Waals surface area contributed by atoms with Gasteiger partial charge in [-0.1, -0.05) is 6.92 Å². The third-order valence-electron chi connectivity index (χ3n) is 8.60. The maximum absolute atomic E-state index is 13.1. The smallest absolute Gasteiger partial charge is 0.319 e. The van der Waals surface area contributed by atoms with E-state index in [0.717, 1.165) is 75.1 Å². The maximum Gasteiger partial charge on any atom is 0.319 e. The van der Waals surface area contributed by atoms with Crippen molar-refractivity contribution < 1.29 is 9.59 Å². The van der Waals surface area contributed by atoms with Gasteiger partial charge in [-0.2, -0.15) is 0 Å². The van der Waals surface area contributed by atoms with Crippen LogP contribution in [0, 0.1) is 17.8 Å². The molecule has 4 saturated carbocycles. The molecular formula is C27H40N4O2. The highest BCUT2D eigenvalue weighted by Crippen LogP contribution is 2.55. The van der Waals surface area contributed by atoms with Gasteiger partial charge in [-0.15, -0.1) is 0 Å². The lowest BCUT2D eigenvalue weighted by Gasteiger charge is -2.56. The number of nitrogens with one attached hydrogen (secondary N) is 3. The molecule has 1 aromatic rings. The number of carbonyl (C=O) groups is 2.